The predicted octanol–water partition coefficient (Wildman–Crippen LogP) is 3.17. The number of nitrogens with zero attached hydrogens (tertiary/aromatic N) is 1. The van der Waals surface area contributed by atoms with Gasteiger partial charge >= 0.3 is 5.97 Å². The van der Waals surface area contributed by atoms with Crippen LogP contribution in [0.2, 0.25) is 0 Å². The third-order valence-electron chi connectivity index (χ3n) is 4.45. The predicted molar refractivity (Wildman–Crippen MR) is 97.7 cm³/mol. The zero-order chi connectivity index (χ0) is 18.2. The molecule has 0 saturated carbocycles. The molecule has 136 valence electrons. The molecular weight excluding hydrogens is 338 g/mol. The number of carbonyl (C=O) groups excluding carboxylic acids is 3. The minimum absolute atomic E-state index is 0.0117. The quantitative estimate of drug-likeness (QED) is 0.423. The maximum atomic E-state index is 12.3. The lowest BCUT2D eigenvalue weighted by Crippen LogP contribution is -2.40. The van der Waals surface area contributed by atoms with E-state index in [0.29, 0.717) is 38.1 Å². The van der Waals surface area contributed by atoms with Crippen LogP contribution >= 0.6 is 11.8 Å². The third kappa shape index (κ3) is 5.59. The standard InChI is InChI=1S/C19H25NO4S/c1-3-24-19(23)15-10-12-20(13-11-15)18(22)9-8-17(21)14-4-6-16(25-2)7-5-14/h4-7,15H,3,8-13H2,1-2H3. The first-order valence-corrected chi connectivity index (χ1v) is 9.89. The van der Waals surface area contributed by atoms with Gasteiger partial charge in [0.2, 0.25) is 5.91 Å². The monoisotopic (exact) mass is 363 g/mol. The van der Waals surface area contributed by atoms with Crippen LogP contribution in [0.4, 0.5) is 0 Å². The summed E-state index contributed by atoms with van der Waals surface area (Å²) in [5.74, 6) is -0.308. The first kappa shape index (κ1) is 19.5. The highest BCUT2D eigenvalue weighted by molar-refractivity contribution is 7.98. The second-order valence-corrected chi connectivity index (χ2v) is 6.94. The van der Waals surface area contributed by atoms with Gasteiger partial charge < -0.3 is 9.64 Å². The summed E-state index contributed by atoms with van der Waals surface area (Å²) in [7, 11) is 0. The van der Waals surface area contributed by atoms with Crippen molar-refractivity contribution < 1.29 is 19.1 Å². The number of rotatable bonds is 7. The average molecular weight is 363 g/mol. The van der Waals surface area contributed by atoms with Crippen LogP contribution in [-0.4, -0.2) is 48.5 Å². The number of hydrogen-bond acceptors (Lipinski definition) is 5. The summed E-state index contributed by atoms with van der Waals surface area (Å²) < 4.78 is 5.03. The molecule has 0 N–H and O–H groups in total. The number of hydrogen-bond donors (Lipinski definition) is 0. The normalized spacial score (nSPS) is 15.0. The fourth-order valence-electron chi connectivity index (χ4n) is 2.92. The van der Waals surface area contributed by atoms with Crippen molar-refractivity contribution in [3.8, 4) is 0 Å². The number of carbonyl (C=O) groups is 3. The number of Topliss-reactive ketones (excluding diaryl/α,β-unsaturated/α-hetero) is 1. The van der Waals surface area contributed by atoms with E-state index < -0.39 is 0 Å². The highest BCUT2D eigenvalue weighted by Gasteiger charge is 2.28. The summed E-state index contributed by atoms with van der Waals surface area (Å²) in [5, 5.41) is 0. The second kappa shape index (κ2) is 9.61. The molecule has 1 fully saturated rings. The molecule has 1 aliphatic rings. The Morgan fingerprint density at radius 3 is 2.32 bits per heavy atom. The molecule has 6 heteroatoms. The van der Waals surface area contributed by atoms with Crippen LogP contribution in [0, 0.1) is 5.92 Å². The molecule has 1 saturated heterocycles. The zero-order valence-corrected chi connectivity index (χ0v) is 15.6. The van der Waals surface area contributed by atoms with E-state index in [9.17, 15) is 14.4 Å². The first-order valence-electron chi connectivity index (χ1n) is 8.66. The van der Waals surface area contributed by atoms with Gasteiger partial charge in [-0.2, -0.15) is 0 Å². The molecule has 1 aromatic rings. The highest BCUT2D eigenvalue weighted by Crippen LogP contribution is 2.20. The maximum Gasteiger partial charge on any atom is 0.309 e. The van der Waals surface area contributed by atoms with Crippen LogP contribution in [0.15, 0.2) is 29.2 Å². The van der Waals surface area contributed by atoms with Crippen LogP contribution in [0.25, 0.3) is 0 Å². The topological polar surface area (TPSA) is 63.7 Å². The van der Waals surface area contributed by atoms with Crippen molar-refractivity contribution >= 4 is 29.4 Å². The van der Waals surface area contributed by atoms with Gasteiger partial charge in [-0.15, -0.1) is 11.8 Å². The van der Waals surface area contributed by atoms with Gasteiger partial charge in [0.25, 0.3) is 0 Å². The van der Waals surface area contributed by atoms with E-state index in [1.54, 1.807) is 23.6 Å². The first-order chi connectivity index (χ1) is 12.0. The number of piperidine rings is 1. The molecule has 5 nitrogen and oxygen atoms in total. The van der Waals surface area contributed by atoms with E-state index in [2.05, 4.69) is 0 Å². The Kier molecular flexibility index (Phi) is 7.50. The van der Waals surface area contributed by atoms with Gasteiger partial charge in [-0.25, -0.2) is 0 Å². The Hall–Kier alpha value is -1.82. The van der Waals surface area contributed by atoms with E-state index in [4.69, 9.17) is 4.74 Å². The summed E-state index contributed by atoms with van der Waals surface area (Å²) >= 11 is 1.63. The molecule has 1 aliphatic heterocycles. The van der Waals surface area contributed by atoms with Crippen LogP contribution in [0.3, 0.4) is 0 Å². The maximum absolute atomic E-state index is 12.3. The summed E-state index contributed by atoms with van der Waals surface area (Å²) in [5.41, 5.74) is 0.645. The van der Waals surface area contributed by atoms with Gasteiger partial charge in [-0.1, -0.05) is 12.1 Å². The summed E-state index contributed by atoms with van der Waals surface area (Å²) in [4.78, 5) is 39.1. The number of ketones is 1. The molecule has 1 heterocycles. The molecule has 1 aromatic carbocycles. The highest BCUT2D eigenvalue weighted by atomic mass is 32.2. The van der Waals surface area contributed by atoms with Gasteiger partial charge in [0, 0.05) is 36.4 Å². The van der Waals surface area contributed by atoms with E-state index in [1.165, 1.54) is 0 Å². The number of ether oxygens (including phenoxy) is 1. The summed E-state index contributed by atoms with van der Waals surface area (Å²) in [6.45, 7) is 3.29. The Morgan fingerprint density at radius 2 is 1.76 bits per heavy atom. The van der Waals surface area contributed by atoms with Gasteiger partial charge in [-0.3, -0.25) is 14.4 Å². The Labute approximate surface area is 153 Å². The van der Waals surface area contributed by atoms with Crippen molar-refractivity contribution in [3.63, 3.8) is 0 Å². The number of amides is 1. The van der Waals surface area contributed by atoms with E-state index in [1.807, 2.05) is 30.5 Å². The molecule has 0 aliphatic carbocycles. The molecule has 2 rings (SSSR count). The lowest BCUT2D eigenvalue weighted by atomic mass is 9.96. The molecule has 0 spiro atoms. The minimum Gasteiger partial charge on any atom is -0.466 e. The third-order valence-corrected chi connectivity index (χ3v) is 5.19. The molecule has 0 radical (unpaired) electrons. The number of likely N-dealkylation sites (tertiary alicyclic amines) is 1. The van der Waals surface area contributed by atoms with Crippen LogP contribution in [-0.2, 0) is 14.3 Å². The zero-order valence-electron chi connectivity index (χ0n) is 14.8. The van der Waals surface area contributed by atoms with Gasteiger partial charge in [0.1, 0.15) is 0 Å². The van der Waals surface area contributed by atoms with E-state index in [0.717, 1.165) is 4.90 Å². The Bertz CT molecular complexity index is 606. The molecule has 0 bridgehead atoms. The summed E-state index contributed by atoms with van der Waals surface area (Å²) in [6, 6.07) is 7.45. The van der Waals surface area contributed by atoms with Crippen molar-refractivity contribution in [2.24, 2.45) is 5.92 Å². The Balaban J connectivity index is 1.77. The Morgan fingerprint density at radius 1 is 1.12 bits per heavy atom. The van der Waals surface area contributed by atoms with Crippen molar-refractivity contribution in [3.05, 3.63) is 29.8 Å². The van der Waals surface area contributed by atoms with Crippen LogP contribution in [0.1, 0.15) is 43.0 Å². The summed E-state index contributed by atoms with van der Waals surface area (Å²) in [6.07, 6.45) is 3.69. The minimum atomic E-state index is -0.168. The molecule has 0 atom stereocenters. The van der Waals surface area contributed by atoms with E-state index in [-0.39, 0.29) is 36.4 Å². The molecule has 25 heavy (non-hydrogen) atoms. The molecular formula is C19H25NO4S. The fraction of sp³-hybridized carbons (Fsp3) is 0.526. The van der Waals surface area contributed by atoms with Crippen LogP contribution in [0.5, 0.6) is 0 Å². The molecule has 0 aromatic heterocycles. The lowest BCUT2D eigenvalue weighted by molar-refractivity contribution is -0.151. The SMILES string of the molecule is CCOC(=O)C1CCN(C(=O)CCC(=O)c2ccc(SC)cc2)CC1. The number of thioether (sulfide) groups is 1. The van der Waals surface area contributed by atoms with Gasteiger partial charge in [0.15, 0.2) is 5.78 Å². The number of benzene rings is 1. The van der Waals surface area contributed by atoms with Gasteiger partial charge in [0.05, 0.1) is 12.5 Å². The van der Waals surface area contributed by atoms with Gasteiger partial charge in [-0.05, 0) is 38.2 Å². The van der Waals surface area contributed by atoms with Crippen molar-refractivity contribution in [2.45, 2.75) is 37.5 Å². The van der Waals surface area contributed by atoms with Crippen molar-refractivity contribution in [2.75, 3.05) is 26.0 Å². The smallest absolute Gasteiger partial charge is 0.309 e. The molecule has 0 unspecified atom stereocenters. The van der Waals surface area contributed by atoms with Crippen molar-refractivity contribution in [1.82, 2.24) is 4.90 Å². The molecule has 1 amide bonds. The van der Waals surface area contributed by atoms with Crippen molar-refractivity contribution in [1.29, 1.82) is 0 Å². The lowest BCUT2D eigenvalue weighted by Gasteiger charge is -2.30. The second-order valence-electron chi connectivity index (χ2n) is 6.06. The number of esters is 1. The van der Waals surface area contributed by atoms with E-state index >= 15 is 0 Å². The fourth-order valence-corrected chi connectivity index (χ4v) is 3.33. The largest absolute Gasteiger partial charge is 0.466 e. The van der Waals surface area contributed by atoms with Crippen LogP contribution < -0.4 is 0 Å². The average Bonchev–Trinajstić information content (AvgIpc) is 2.66.